The van der Waals surface area contributed by atoms with Crippen molar-refractivity contribution in [2.45, 2.75) is 6.54 Å². The molecule has 0 saturated carbocycles. The number of hydrogen-bond acceptors (Lipinski definition) is 3. The van der Waals surface area contributed by atoms with Crippen LogP contribution in [0.2, 0.25) is 0 Å². The van der Waals surface area contributed by atoms with Crippen LogP contribution >= 0.6 is 27.3 Å². The summed E-state index contributed by atoms with van der Waals surface area (Å²) in [6.07, 6.45) is 0. The molecule has 0 aromatic carbocycles. The largest absolute Gasteiger partial charge is 0.355 e. The van der Waals surface area contributed by atoms with Crippen LogP contribution in [0, 0.1) is 0 Å². The van der Waals surface area contributed by atoms with Gasteiger partial charge in [-0.25, -0.2) is 4.98 Å². The second kappa shape index (κ2) is 4.77. The van der Waals surface area contributed by atoms with Gasteiger partial charge in [-0.05, 0) is 50.5 Å². The maximum absolute atomic E-state index is 4.40. The maximum atomic E-state index is 4.40. The van der Waals surface area contributed by atoms with E-state index in [0.717, 1.165) is 17.0 Å². The zero-order valence-electron chi connectivity index (χ0n) is 8.35. The molecule has 0 radical (unpaired) electrons. The van der Waals surface area contributed by atoms with Crippen LogP contribution < -0.4 is 4.90 Å². The molecule has 2 aromatic heterocycles. The fourth-order valence-electron chi connectivity index (χ4n) is 1.35. The molecule has 0 aliphatic rings. The summed E-state index contributed by atoms with van der Waals surface area (Å²) >= 11 is 5.10. The summed E-state index contributed by atoms with van der Waals surface area (Å²) in [6.45, 7) is 0.896. The molecule has 0 unspecified atom stereocenters. The van der Waals surface area contributed by atoms with Gasteiger partial charge in [0, 0.05) is 13.6 Å². The first-order valence-electron chi connectivity index (χ1n) is 4.60. The van der Waals surface area contributed by atoms with Crippen LogP contribution in [-0.2, 0) is 6.54 Å². The van der Waals surface area contributed by atoms with Gasteiger partial charge < -0.3 is 4.90 Å². The summed E-state index contributed by atoms with van der Waals surface area (Å²) in [6, 6.07) is 8.08. The van der Waals surface area contributed by atoms with E-state index in [9.17, 15) is 0 Å². The lowest BCUT2D eigenvalue weighted by atomic mass is 10.3. The standard InChI is InChI=1S/C11H11BrN2S/c1-14(7-9-5-6-15-8-9)11-4-2-3-10(12)13-11/h2-6,8H,7H2,1H3. The Labute approximate surface area is 102 Å². The minimum Gasteiger partial charge on any atom is -0.355 e. The van der Waals surface area contributed by atoms with Crippen molar-refractivity contribution in [2.24, 2.45) is 0 Å². The van der Waals surface area contributed by atoms with Crippen LogP contribution in [0.3, 0.4) is 0 Å². The van der Waals surface area contributed by atoms with E-state index >= 15 is 0 Å². The van der Waals surface area contributed by atoms with Gasteiger partial charge in [0.05, 0.1) is 0 Å². The lowest BCUT2D eigenvalue weighted by molar-refractivity contribution is 0.899. The summed E-state index contributed by atoms with van der Waals surface area (Å²) in [5.41, 5.74) is 1.32. The highest BCUT2D eigenvalue weighted by atomic mass is 79.9. The number of aromatic nitrogens is 1. The van der Waals surface area contributed by atoms with E-state index in [0.29, 0.717) is 0 Å². The van der Waals surface area contributed by atoms with Crippen molar-refractivity contribution in [1.82, 2.24) is 4.98 Å². The van der Waals surface area contributed by atoms with Crippen LogP contribution in [0.4, 0.5) is 5.82 Å². The molecule has 2 heterocycles. The van der Waals surface area contributed by atoms with Crippen molar-refractivity contribution in [3.05, 3.63) is 45.2 Å². The molecule has 0 saturated heterocycles. The fraction of sp³-hybridized carbons (Fsp3) is 0.182. The molecular formula is C11H11BrN2S. The Morgan fingerprint density at radius 1 is 1.40 bits per heavy atom. The highest BCUT2D eigenvalue weighted by Crippen LogP contribution is 2.16. The Kier molecular flexibility index (Phi) is 3.38. The van der Waals surface area contributed by atoms with Crippen LogP contribution in [0.5, 0.6) is 0 Å². The number of rotatable bonds is 3. The molecule has 15 heavy (non-hydrogen) atoms. The number of hydrogen-bond donors (Lipinski definition) is 0. The molecule has 2 aromatic rings. The van der Waals surface area contributed by atoms with E-state index in [4.69, 9.17) is 0 Å². The van der Waals surface area contributed by atoms with Crippen molar-refractivity contribution in [3.63, 3.8) is 0 Å². The lowest BCUT2D eigenvalue weighted by Crippen LogP contribution is -2.17. The van der Waals surface area contributed by atoms with Gasteiger partial charge in [-0.3, -0.25) is 0 Å². The molecule has 0 amide bonds. The third-order valence-electron chi connectivity index (χ3n) is 2.09. The van der Waals surface area contributed by atoms with Crippen molar-refractivity contribution in [2.75, 3.05) is 11.9 Å². The highest BCUT2D eigenvalue weighted by Gasteiger charge is 2.03. The quantitative estimate of drug-likeness (QED) is 0.801. The first kappa shape index (κ1) is 10.6. The molecule has 0 aliphatic carbocycles. The number of nitrogens with zero attached hydrogens (tertiary/aromatic N) is 2. The van der Waals surface area contributed by atoms with Crippen molar-refractivity contribution in [1.29, 1.82) is 0 Å². The SMILES string of the molecule is CN(Cc1ccsc1)c1cccc(Br)n1. The van der Waals surface area contributed by atoms with E-state index in [1.807, 2.05) is 25.2 Å². The van der Waals surface area contributed by atoms with Gasteiger partial charge in [-0.1, -0.05) is 6.07 Å². The van der Waals surface area contributed by atoms with Crippen LogP contribution in [-0.4, -0.2) is 12.0 Å². The molecule has 0 fully saturated rings. The van der Waals surface area contributed by atoms with Gasteiger partial charge in [0.2, 0.25) is 0 Å². The normalized spacial score (nSPS) is 10.3. The molecule has 0 bridgehead atoms. The van der Waals surface area contributed by atoms with Crippen LogP contribution in [0.15, 0.2) is 39.6 Å². The number of pyridine rings is 1. The predicted octanol–water partition coefficient (Wildman–Crippen LogP) is 3.54. The Balaban J connectivity index is 2.11. The summed E-state index contributed by atoms with van der Waals surface area (Å²) in [4.78, 5) is 6.53. The zero-order valence-corrected chi connectivity index (χ0v) is 10.8. The zero-order chi connectivity index (χ0) is 10.7. The minimum atomic E-state index is 0.872. The van der Waals surface area contributed by atoms with E-state index < -0.39 is 0 Å². The third-order valence-corrected chi connectivity index (χ3v) is 3.27. The number of anilines is 1. The fourth-order valence-corrected chi connectivity index (χ4v) is 2.34. The average molecular weight is 283 g/mol. The molecular weight excluding hydrogens is 272 g/mol. The van der Waals surface area contributed by atoms with Gasteiger partial charge >= 0.3 is 0 Å². The van der Waals surface area contributed by atoms with Gasteiger partial charge in [-0.2, -0.15) is 11.3 Å². The smallest absolute Gasteiger partial charge is 0.129 e. The Morgan fingerprint density at radius 2 is 2.27 bits per heavy atom. The summed E-state index contributed by atoms with van der Waals surface area (Å²) in [5.74, 6) is 0.982. The van der Waals surface area contributed by atoms with Gasteiger partial charge in [-0.15, -0.1) is 0 Å². The Bertz CT molecular complexity index is 428. The molecule has 0 aliphatic heterocycles. The second-order valence-corrected chi connectivity index (χ2v) is 4.90. The van der Waals surface area contributed by atoms with E-state index in [1.54, 1.807) is 11.3 Å². The number of thiophene rings is 1. The van der Waals surface area contributed by atoms with Gasteiger partial charge in [0.25, 0.3) is 0 Å². The number of halogens is 1. The first-order valence-corrected chi connectivity index (χ1v) is 6.34. The average Bonchev–Trinajstić information content (AvgIpc) is 2.70. The molecule has 0 N–H and O–H groups in total. The maximum Gasteiger partial charge on any atom is 0.129 e. The molecule has 2 nitrogen and oxygen atoms in total. The van der Waals surface area contributed by atoms with E-state index in [2.05, 4.69) is 42.6 Å². The molecule has 0 atom stereocenters. The summed E-state index contributed by atoms with van der Waals surface area (Å²) < 4.78 is 0.872. The molecule has 0 spiro atoms. The van der Waals surface area contributed by atoms with Crippen LogP contribution in [0.25, 0.3) is 0 Å². The monoisotopic (exact) mass is 282 g/mol. The van der Waals surface area contributed by atoms with E-state index in [1.165, 1.54) is 5.56 Å². The Hall–Kier alpha value is -0.870. The third kappa shape index (κ3) is 2.79. The molecule has 78 valence electrons. The summed E-state index contributed by atoms with van der Waals surface area (Å²) in [7, 11) is 2.05. The predicted molar refractivity (Wildman–Crippen MR) is 68.4 cm³/mol. The van der Waals surface area contributed by atoms with Gasteiger partial charge in [0.1, 0.15) is 10.4 Å². The Morgan fingerprint density at radius 3 is 2.93 bits per heavy atom. The van der Waals surface area contributed by atoms with Crippen molar-refractivity contribution >= 4 is 33.1 Å². The first-order chi connectivity index (χ1) is 7.25. The topological polar surface area (TPSA) is 16.1 Å². The highest BCUT2D eigenvalue weighted by molar-refractivity contribution is 9.10. The molecule has 4 heteroatoms. The summed E-state index contributed by atoms with van der Waals surface area (Å²) in [5, 5.41) is 4.26. The minimum absolute atomic E-state index is 0.872. The van der Waals surface area contributed by atoms with Gasteiger partial charge in [0.15, 0.2) is 0 Å². The van der Waals surface area contributed by atoms with Crippen LogP contribution in [0.1, 0.15) is 5.56 Å². The van der Waals surface area contributed by atoms with Crippen molar-refractivity contribution in [3.8, 4) is 0 Å². The lowest BCUT2D eigenvalue weighted by Gasteiger charge is -2.17. The second-order valence-electron chi connectivity index (χ2n) is 3.31. The van der Waals surface area contributed by atoms with Crippen molar-refractivity contribution < 1.29 is 0 Å². The van der Waals surface area contributed by atoms with E-state index in [-0.39, 0.29) is 0 Å². The molecule has 2 rings (SSSR count).